The first-order valence-corrected chi connectivity index (χ1v) is 3.36. The molecule has 3 N–H and O–H groups in total. The van der Waals surface area contributed by atoms with Gasteiger partial charge in [-0.3, -0.25) is 0 Å². The highest BCUT2D eigenvalue weighted by atomic mass is 16.3. The van der Waals surface area contributed by atoms with Crippen molar-refractivity contribution in [1.82, 2.24) is 0 Å². The number of para-hydroxylation sites is 1. The van der Waals surface area contributed by atoms with Gasteiger partial charge in [-0.25, -0.2) is 0 Å². The summed E-state index contributed by atoms with van der Waals surface area (Å²) in [5.74, 6) is 0.116. The van der Waals surface area contributed by atoms with E-state index in [0.29, 0.717) is 5.69 Å². The molecule has 0 bridgehead atoms. The normalized spacial score (nSPS) is 9.55. The lowest BCUT2D eigenvalue weighted by atomic mass is 10.1. The van der Waals surface area contributed by atoms with Crippen molar-refractivity contribution in [1.29, 1.82) is 0 Å². The molecule has 0 aromatic heterocycles. The summed E-state index contributed by atoms with van der Waals surface area (Å²) in [7, 11) is 0. The summed E-state index contributed by atoms with van der Waals surface area (Å²) >= 11 is 0. The predicted molar refractivity (Wildman–Crippen MR) is 47.2 cm³/mol. The molecule has 0 aliphatic carbocycles. The maximum absolute atomic E-state index is 9.18. The molecule has 2 nitrogen and oxygen atoms in total. The molecule has 0 saturated carbocycles. The molecule has 0 aliphatic rings. The fourth-order valence-corrected chi connectivity index (χ4v) is 0.925. The highest BCUT2D eigenvalue weighted by Crippen LogP contribution is 2.27. The first-order valence-electron chi connectivity index (χ1n) is 3.36. The maximum Gasteiger partial charge on any atom is 0.139 e. The number of benzene rings is 1. The Hall–Kier alpha value is -1.44. The van der Waals surface area contributed by atoms with Gasteiger partial charge in [0.2, 0.25) is 0 Å². The Kier molecular flexibility index (Phi) is 1.85. The number of hydrogen-bond acceptors (Lipinski definition) is 2. The number of nitrogens with two attached hydrogens (primary N) is 1. The van der Waals surface area contributed by atoms with E-state index in [1.807, 2.05) is 13.0 Å². The van der Waals surface area contributed by atoms with Gasteiger partial charge in [-0.05, 0) is 18.6 Å². The summed E-state index contributed by atoms with van der Waals surface area (Å²) in [5.41, 5.74) is 7.65. The Morgan fingerprint density at radius 2 is 2.18 bits per heavy atom. The average Bonchev–Trinajstić information content (AvgIpc) is 1.94. The van der Waals surface area contributed by atoms with Crippen LogP contribution in [-0.4, -0.2) is 5.11 Å². The quantitative estimate of drug-likeness (QED) is 0.474. The lowest BCUT2D eigenvalue weighted by Crippen LogP contribution is -1.91. The molecule has 0 spiro atoms. The second-order valence-electron chi connectivity index (χ2n) is 2.52. The number of hydrogen-bond donors (Lipinski definition) is 2. The van der Waals surface area contributed by atoms with E-state index in [0.717, 1.165) is 11.1 Å². The molecule has 0 saturated heterocycles. The van der Waals surface area contributed by atoms with E-state index in [1.165, 1.54) is 0 Å². The number of aromatic hydroxyl groups is 1. The molecule has 11 heavy (non-hydrogen) atoms. The highest BCUT2D eigenvalue weighted by molar-refractivity contribution is 5.76. The molecule has 0 heterocycles. The first-order chi connectivity index (χ1) is 5.13. The van der Waals surface area contributed by atoms with Gasteiger partial charge in [0.1, 0.15) is 5.75 Å². The molecule has 58 valence electrons. The van der Waals surface area contributed by atoms with Crippen LogP contribution in [0.25, 0.3) is 5.57 Å². The monoisotopic (exact) mass is 149 g/mol. The van der Waals surface area contributed by atoms with E-state index in [4.69, 9.17) is 5.73 Å². The van der Waals surface area contributed by atoms with E-state index < -0.39 is 0 Å². The van der Waals surface area contributed by atoms with E-state index in [9.17, 15) is 5.11 Å². The lowest BCUT2D eigenvalue weighted by molar-refractivity contribution is 0.478. The minimum absolute atomic E-state index is 0.116. The van der Waals surface area contributed by atoms with Crippen molar-refractivity contribution in [3.05, 3.63) is 30.3 Å². The highest BCUT2D eigenvalue weighted by Gasteiger charge is 2.02. The molecule has 1 aromatic rings. The number of rotatable bonds is 1. The fraction of sp³-hybridized carbons (Fsp3) is 0.111. The molecule has 0 fully saturated rings. The van der Waals surface area contributed by atoms with Gasteiger partial charge in [-0.1, -0.05) is 18.7 Å². The second-order valence-corrected chi connectivity index (χ2v) is 2.52. The molecule has 0 amide bonds. The van der Waals surface area contributed by atoms with E-state index >= 15 is 0 Å². The van der Waals surface area contributed by atoms with Crippen LogP contribution < -0.4 is 5.73 Å². The van der Waals surface area contributed by atoms with Gasteiger partial charge in [0.15, 0.2) is 0 Å². The van der Waals surface area contributed by atoms with Gasteiger partial charge < -0.3 is 10.8 Å². The summed E-state index contributed by atoms with van der Waals surface area (Å²) in [4.78, 5) is 0. The fourth-order valence-electron chi connectivity index (χ4n) is 0.925. The van der Waals surface area contributed by atoms with Crippen molar-refractivity contribution < 1.29 is 5.11 Å². The van der Waals surface area contributed by atoms with Gasteiger partial charge >= 0.3 is 0 Å². The Bertz CT molecular complexity index is 292. The predicted octanol–water partition coefficient (Wildman–Crippen LogP) is 2.01. The molecule has 0 atom stereocenters. The molecular weight excluding hydrogens is 138 g/mol. The minimum Gasteiger partial charge on any atom is -0.506 e. The van der Waals surface area contributed by atoms with Crippen LogP contribution in [0.1, 0.15) is 12.5 Å². The molecule has 1 aromatic carbocycles. The van der Waals surface area contributed by atoms with E-state index in [1.54, 1.807) is 12.1 Å². The summed E-state index contributed by atoms with van der Waals surface area (Å²) in [6, 6.07) is 5.13. The van der Waals surface area contributed by atoms with Gasteiger partial charge in [0.25, 0.3) is 0 Å². The summed E-state index contributed by atoms with van der Waals surface area (Å²) in [5, 5.41) is 9.18. The molecule has 2 heteroatoms. The number of nitrogen functional groups attached to an aromatic ring is 1. The van der Waals surface area contributed by atoms with Crippen LogP contribution in [-0.2, 0) is 0 Å². The molecular formula is C9H11NO. The van der Waals surface area contributed by atoms with Crippen LogP contribution in [0.2, 0.25) is 0 Å². The number of allylic oxidation sites excluding steroid dienone is 1. The zero-order chi connectivity index (χ0) is 8.43. The van der Waals surface area contributed by atoms with E-state index in [-0.39, 0.29) is 5.75 Å². The summed E-state index contributed by atoms with van der Waals surface area (Å²) < 4.78 is 0. The third-order valence-corrected chi connectivity index (χ3v) is 1.54. The van der Waals surface area contributed by atoms with Crippen molar-refractivity contribution in [2.24, 2.45) is 0 Å². The zero-order valence-electron chi connectivity index (χ0n) is 6.46. The Balaban J connectivity index is 3.27. The van der Waals surface area contributed by atoms with Crippen LogP contribution >= 0.6 is 0 Å². The number of phenolic OH excluding ortho intramolecular Hbond substituents is 1. The van der Waals surface area contributed by atoms with Gasteiger partial charge in [-0.15, -0.1) is 0 Å². The van der Waals surface area contributed by atoms with Crippen LogP contribution in [0.4, 0.5) is 5.69 Å². The van der Waals surface area contributed by atoms with Crippen LogP contribution in [0.5, 0.6) is 5.75 Å². The third kappa shape index (κ3) is 1.34. The van der Waals surface area contributed by atoms with Crippen LogP contribution in [0.15, 0.2) is 24.8 Å². The Morgan fingerprint density at radius 3 is 2.64 bits per heavy atom. The SMILES string of the molecule is C=C(C)c1cccc(O)c1N. The third-order valence-electron chi connectivity index (χ3n) is 1.54. The smallest absolute Gasteiger partial charge is 0.139 e. The molecule has 0 radical (unpaired) electrons. The van der Waals surface area contributed by atoms with Crippen molar-refractivity contribution in [3.8, 4) is 5.75 Å². The van der Waals surface area contributed by atoms with Crippen molar-refractivity contribution in [2.75, 3.05) is 5.73 Å². The topological polar surface area (TPSA) is 46.2 Å². The zero-order valence-corrected chi connectivity index (χ0v) is 6.46. The minimum atomic E-state index is 0.116. The van der Waals surface area contributed by atoms with Gasteiger partial charge in [-0.2, -0.15) is 0 Å². The lowest BCUT2D eigenvalue weighted by Gasteiger charge is -2.05. The van der Waals surface area contributed by atoms with Crippen molar-refractivity contribution >= 4 is 11.3 Å². The molecule has 0 unspecified atom stereocenters. The maximum atomic E-state index is 9.18. The average molecular weight is 149 g/mol. The Morgan fingerprint density at radius 1 is 1.55 bits per heavy atom. The first kappa shape index (κ1) is 7.66. The van der Waals surface area contributed by atoms with Crippen LogP contribution in [0, 0.1) is 0 Å². The van der Waals surface area contributed by atoms with Gasteiger partial charge in [0.05, 0.1) is 5.69 Å². The Labute approximate surface area is 66.0 Å². The number of phenols is 1. The standard InChI is InChI=1S/C9H11NO/c1-6(2)7-4-3-5-8(11)9(7)10/h3-5,11H,1,10H2,2H3. The molecule has 0 aliphatic heterocycles. The van der Waals surface area contributed by atoms with Gasteiger partial charge in [0, 0.05) is 5.56 Å². The largest absolute Gasteiger partial charge is 0.506 e. The van der Waals surface area contributed by atoms with Crippen molar-refractivity contribution in [3.63, 3.8) is 0 Å². The van der Waals surface area contributed by atoms with Crippen LogP contribution in [0.3, 0.4) is 0 Å². The second kappa shape index (κ2) is 2.66. The number of anilines is 1. The summed E-state index contributed by atoms with van der Waals surface area (Å²) in [6.07, 6.45) is 0. The molecule has 1 rings (SSSR count). The summed E-state index contributed by atoms with van der Waals surface area (Å²) in [6.45, 7) is 5.59. The van der Waals surface area contributed by atoms with Crippen molar-refractivity contribution in [2.45, 2.75) is 6.92 Å². The van der Waals surface area contributed by atoms with E-state index in [2.05, 4.69) is 6.58 Å².